The molecule has 6 fully saturated rings. The maximum atomic E-state index is 12.6. The minimum absolute atomic E-state index is 0. The van der Waals surface area contributed by atoms with Crippen molar-refractivity contribution in [3.8, 4) is 0 Å². The number of unbranched alkanes of at least 4 members (excludes halogenated alkanes) is 10. The zero-order valence-electron chi connectivity index (χ0n) is 47.4. The first-order chi connectivity index (χ1) is 34.8. The van der Waals surface area contributed by atoms with Crippen LogP contribution in [0.2, 0.25) is 0 Å². The first-order valence-corrected chi connectivity index (χ1v) is 28.8. The van der Waals surface area contributed by atoms with Crippen LogP contribution in [-0.4, -0.2) is 172 Å². The predicted octanol–water partition coefficient (Wildman–Crippen LogP) is 8.32. The molecule has 0 radical (unpaired) electrons. The number of hydroxylamine groups is 4. The van der Waals surface area contributed by atoms with Gasteiger partial charge in [0, 0.05) is 33.2 Å². The number of carbonyl (C=O) groups is 6. The monoisotopic (exact) mass is 1090 g/mol. The molecular formula is C51H96N9O14S-. The van der Waals surface area contributed by atoms with Gasteiger partial charge >= 0.3 is 24.2 Å². The van der Waals surface area contributed by atoms with E-state index < -0.39 is 63.9 Å². The van der Waals surface area contributed by atoms with Crippen molar-refractivity contribution in [1.29, 1.82) is 0 Å². The minimum atomic E-state index is -5.10. The Balaban J connectivity index is 0.000000396. The van der Waals surface area contributed by atoms with Gasteiger partial charge in [-0.15, -0.1) is 0 Å². The van der Waals surface area contributed by atoms with Crippen LogP contribution in [0.3, 0.4) is 0 Å². The number of rotatable bonds is 18. The molecule has 6 aliphatic heterocycles. The van der Waals surface area contributed by atoms with Gasteiger partial charge in [-0.05, 0) is 92.9 Å². The second-order valence-electron chi connectivity index (χ2n) is 22.2. The molecule has 0 spiro atoms. The molecule has 0 aliphatic carbocycles. The number of nitrogens with one attached hydrogen (secondary N) is 2. The Labute approximate surface area is 448 Å². The maximum Gasteiger partial charge on any atom is 0.410 e. The van der Waals surface area contributed by atoms with Crippen LogP contribution < -0.4 is 17.1 Å². The van der Waals surface area contributed by atoms with Crippen LogP contribution in [-0.2, 0) is 43.4 Å². The first kappa shape index (κ1) is 66.9. The number of amides is 8. The smallest absolute Gasteiger partial charge is 0.410 e. The second kappa shape index (κ2) is 32.5. The highest BCUT2D eigenvalue weighted by Crippen LogP contribution is 2.32. The second-order valence-corrected chi connectivity index (χ2v) is 23.1. The molecule has 6 aliphatic rings. The molecule has 75 heavy (non-hydrogen) atoms. The number of nitrogens with zero attached hydrogens (tertiary/aromatic N) is 6. The van der Waals surface area contributed by atoms with Gasteiger partial charge in [0.05, 0.1) is 25.2 Å². The van der Waals surface area contributed by atoms with E-state index in [0.29, 0.717) is 50.5 Å². The topological polar surface area (TPSA) is 284 Å². The molecule has 0 aromatic heterocycles. The van der Waals surface area contributed by atoms with E-state index >= 15 is 0 Å². The Kier molecular flexibility index (Phi) is 29.0. The van der Waals surface area contributed by atoms with E-state index in [2.05, 4.69) is 42.9 Å². The van der Waals surface area contributed by atoms with E-state index in [0.717, 1.165) is 24.2 Å². The third-order valence-corrected chi connectivity index (χ3v) is 13.7. The van der Waals surface area contributed by atoms with Gasteiger partial charge in [0.1, 0.15) is 35.5 Å². The van der Waals surface area contributed by atoms with Gasteiger partial charge in [0.2, 0.25) is 10.4 Å². The van der Waals surface area contributed by atoms with Gasteiger partial charge < -0.3 is 44.7 Å². The molecule has 24 heteroatoms. The van der Waals surface area contributed by atoms with Crippen molar-refractivity contribution in [2.75, 3.05) is 46.3 Å². The SMILES string of the molecule is CC(C)(C)OC(=O)N1CCC[C@@H](ONC(=O)[C@@H]2CC[C@@H]3CN2C(=O)N3OS(=O)(=O)[O-])C1.CCCCCCCC.CCCCCCCC.CN1C(=O)N2C[C@H]1CC[C@H]2C(=O)NO[C@@H]1CCCN(C(=O)OC(C)(C)C)C1.N. The van der Waals surface area contributed by atoms with Crippen LogP contribution in [0.15, 0.2) is 0 Å². The molecule has 23 nitrogen and oxygen atoms in total. The predicted molar refractivity (Wildman–Crippen MR) is 281 cm³/mol. The number of likely N-dealkylation sites (tertiary alicyclic amines) is 2. The van der Waals surface area contributed by atoms with Gasteiger partial charge in [-0.3, -0.25) is 19.3 Å². The molecule has 8 amide bonds. The minimum Gasteiger partial charge on any atom is -0.724 e. The van der Waals surface area contributed by atoms with Crippen molar-refractivity contribution in [1.82, 2.24) is 46.7 Å². The lowest BCUT2D eigenvalue weighted by Gasteiger charge is -2.34. The van der Waals surface area contributed by atoms with E-state index in [1.165, 1.54) is 81.9 Å². The quantitative estimate of drug-likeness (QED) is 0.0503. The summed E-state index contributed by atoms with van der Waals surface area (Å²) >= 11 is 0. The molecule has 6 atom stereocenters. The van der Waals surface area contributed by atoms with Crippen molar-refractivity contribution in [2.24, 2.45) is 0 Å². The van der Waals surface area contributed by atoms with Gasteiger partial charge in [-0.2, -0.15) is 9.35 Å². The van der Waals surface area contributed by atoms with E-state index in [1.807, 2.05) is 20.8 Å². The number of carbonyl (C=O) groups excluding carboxylic acids is 6. The van der Waals surface area contributed by atoms with Crippen molar-refractivity contribution in [3.05, 3.63) is 0 Å². The van der Waals surface area contributed by atoms with Crippen LogP contribution in [0.5, 0.6) is 0 Å². The summed E-state index contributed by atoms with van der Waals surface area (Å²) in [6.07, 6.45) is 20.2. The van der Waals surface area contributed by atoms with Gasteiger partial charge in [0.15, 0.2) is 0 Å². The number of likely N-dealkylation sites (N-methyl/N-ethyl adjacent to an activating group) is 1. The molecule has 0 unspecified atom stereocenters. The molecule has 6 saturated heterocycles. The summed E-state index contributed by atoms with van der Waals surface area (Å²) in [6, 6.07) is -2.78. The van der Waals surface area contributed by atoms with E-state index in [1.54, 1.807) is 42.5 Å². The van der Waals surface area contributed by atoms with Crippen LogP contribution in [0.1, 0.15) is 198 Å². The standard InChI is InChI=1S/C18H30N4O5.C17H28N4O9S.2C8H18.H3N/c1-18(2,3)26-17(25)21-9-5-6-13(11-21)27-19-15(23)14-8-7-12-10-22(14)16(24)20(12)4;1-17(2,3)28-16(24)19-8-4-5-12(10-19)29-18-14(22)13-7-6-11-9-20(13)15(23)21(11)30-31(25,26)27;2*1-3-5-7-8-6-4-2;/h12-14H,5-11H2,1-4H3,(H,19,23);11-13H,4-10H2,1-3H3,(H,18,22)(H,25,26,27);2*3-8H2,1-2H3;1H3/p-1/t12-,13-,14+;11-,12-,13+;;;/m11.../s1. The highest BCUT2D eigenvalue weighted by molar-refractivity contribution is 7.80. The number of urea groups is 2. The summed E-state index contributed by atoms with van der Waals surface area (Å²) in [6.45, 7) is 22.2. The van der Waals surface area contributed by atoms with Crippen molar-refractivity contribution in [3.63, 3.8) is 0 Å². The molecule has 4 bridgehead atoms. The van der Waals surface area contributed by atoms with Crippen LogP contribution in [0.4, 0.5) is 19.2 Å². The van der Waals surface area contributed by atoms with E-state index in [-0.39, 0.29) is 62.3 Å². The lowest BCUT2D eigenvalue weighted by atomic mass is 10.0. The Morgan fingerprint density at radius 1 is 0.573 bits per heavy atom. The summed E-state index contributed by atoms with van der Waals surface area (Å²) in [4.78, 5) is 92.8. The molecular weight excluding hydrogens is 995 g/mol. The molecule has 6 heterocycles. The third-order valence-electron chi connectivity index (χ3n) is 13.4. The largest absolute Gasteiger partial charge is 0.724 e. The lowest BCUT2D eigenvalue weighted by molar-refractivity contribution is -0.146. The van der Waals surface area contributed by atoms with Gasteiger partial charge in [0.25, 0.3) is 11.8 Å². The average Bonchev–Trinajstić information content (AvgIpc) is 3.70. The van der Waals surface area contributed by atoms with Crippen molar-refractivity contribution >= 4 is 46.5 Å². The summed E-state index contributed by atoms with van der Waals surface area (Å²) in [5.74, 6) is -0.875. The van der Waals surface area contributed by atoms with E-state index in [9.17, 15) is 41.7 Å². The summed E-state index contributed by atoms with van der Waals surface area (Å²) in [5, 5.41) is 0.510. The van der Waals surface area contributed by atoms with E-state index in [4.69, 9.17) is 19.1 Å². The maximum absolute atomic E-state index is 12.6. The number of fused-ring (bicyclic) bond motifs is 4. The highest BCUT2D eigenvalue weighted by atomic mass is 32.3. The Bertz CT molecular complexity index is 1860. The number of hydrogen-bond donors (Lipinski definition) is 3. The Morgan fingerprint density at radius 3 is 1.32 bits per heavy atom. The molecule has 5 N–H and O–H groups in total. The molecule has 436 valence electrons. The fraction of sp³-hybridized carbons (Fsp3) is 0.882. The normalized spacial score (nSPS) is 23.4. The highest BCUT2D eigenvalue weighted by Gasteiger charge is 2.49. The molecule has 0 aromatic carbocycles. The van der Waals surface area contributed by atoms with Crippen molar-refractivity contribution in [2.45, 2.75) is 245 Å². The van der Waals surface area contributed by atoms with Crippen LogP contribution in [0.25, 0.3) is 0 Å². The zero-order chi connectivity index (χ0) is 55.2. The fourth-order valence-corrected chi connectivity index (χ4v) is 9.77. The van der Waals surface area contributed by atoms with Crippen molar-refractivity contribution < 1.29 is 65.2 Å². The number of ether oxygens (including phenoxy) is 2. The fourth-order valence-electron chi connectivity index (χ4n) is 9.39. The summed E-state index contributed by atoms with van der Waals surface area (Å²) < 4.78 is 47.5. The first-order valence-electron chi connectivity index (χ1n) is 27.5. The average molecular weight is 1090 g/mol. The molecule has 0 aromatic rings. The van der Waals surface area contributed by atoms with Gasteiger partial charge in [-0.1, -0.05) is 105 Å². The molecule has 6 rings (SSSR count). The molecule has 0 saturated carbocycles. The number of piperidine rings is 4. The third kappa shape index (κ3) is 23.5. The van der Waals surface area contributed by atoms with Crippen LogP contribution >= 0.6 is 0 Å². The number of hydrogen-bond acceptors (Lipinski definition) is 15. The Hall–Kier alpha value is -4.23. The van der Waals surface area contributed by atoms with Gasteiger partial charge in [-0.25, -0.2) is 38.6 Å². The van der Waals surface area contributed by atoms with Crippen LogP contribution in [0, 0.1) is 0 Å². The summed E-state index contributed by atoms with van der Waals surface area (Å²) in [5.41, 5.74) is 3.69. The zero-order valence-corrected chi connectivity index (χ0v) is 48.2. The summed E-state index contributed by atoms with van der Waals surface area (Å²) in [7, 11) is -3.33. The lowest BCUT2D eigenvalue weighted by Crippen LogP contribution is -2.52. The Morgan fingerprint density at radius 2 is 0.947 bits per heavy atom.